The summed E-state index contributed by atoms with van der Waals surface area (Å²) in [5.74, 6) is 2.74. The van der Waals surface area contributed by atoms with Crippen LogP contribution in [0.25, 0.3) is 0 Å². The van der Waals surface area contributed by atoms with Gasteiger partial charge in [-0.1, -0.05) is 6.07 Å². The van der Waals surface area contributed by atoms with Crippen LogP contribution in [0, 0.1) is 0 Å². The Labute approximate surface area is 173 Å². The van der Waals surface area contributed by atoms with Crippen LogP contribution in [0.5, 0.6) is 17.2 Å². The number of nitrogens with one attached hydrogen (secondary N) is 2. The van der Waals surface area contributed by atoms with Crippen molar-refractivity contribution in [2.45, 2.75) is 19.8 Å². The van der Waals surface area contributed by atoms with Gasteiger partial charge in [-0.05, 0) is 25.8 Å². The fourth-order valence-electron chi connectivity index (χ4n) is 2.42. The van der Waals surface area contributed by atoms with Gasteiger partial charge in [0, 0.05) is 38.9 Å². The van der Waals surface area contributed by atoms with Crippen LogP contribution in [0.4, 0.5) is 0 Å². The van der Waals surface area contributed by atoms with Crippen LogP contribution >= 0.6 is 24.0 Å². The second-order valence-electron chi connectivity index (χ2n) is 5.22. The predicted octanol–water partition coefficient (Wildman–Crippen LogP) is 2.46. The van der Waals surface area contributed by atoms with Crippen molar-refractivity contribution in [1.82, 2.24) is 10.6 Å². The fraction of sp³-hybridized carbons (Fsp3) is 0.611. The van der Waals surface area contributed by atoms with Gasteiger partial charge >= 0.3 is 0 Å². The highest BCUT2D eigenvalue weighted by Crippen LogP contribution is 2.39. The maximum Gasteiger partial charge on any atom is 0.203 e. The van der Waals surface area contributed by atoms with Crippen molar-refractivity contribution < 1.29 is 18.9 Å². The standard InChI is InChI=1S/C18H31N3O4.HI/c1-6-25-13-7-11-20-18(19-2)21-12-10-14-8-9-15(22-3)17(24-5)16(14)23-4;/h8-9H,6-7,10-13H2,1-5H3,(H2,19,20,21);1H. The lowest BCUT2D eigenvalue weighted by molar-refractivity contribution is 0.145. The van der Waals surface area contributed by atoms with Gasteiger partial charge in [0.2, 0.25) is 5.75 Å². The molecule has 0 unspecified atom stereocenters. The molecule has 150 valence electrons. The molecule has 0 spiro atoms. The number of ether oxygens (including phenoxy) is 4. The van der Waals surface area contributed by atoms with Crippen molar-refractivity contribution in [1.29, 1.82) is 0 Å². The second-order valence-corrected chi connectivity index (χ2v) is 5.22. The van der Waals surface area contributed by atoms with Crippen LogP contribution < -0.4 is 24.8 Å². The fourth-order valence-corrected chi connectivity index (χ4v) is 2.42. The molecule has 0 aliphatic heterocycles. The number of nitrogens with zero attached hydrogens (tertiary/aromatic N) is 1. The number of hydrogen-bond acceptors (Lipinski definition) is 5. The van der Waals surface area contributed by atoms with Gasteiger partial charge in [0.05, 0.1) is 21.3 Å². The molecule has 7 nitrogen and oxygen atoms in total. The first-order valence-electron chi connectivity index (χ1n) is 8.51. The highest BCUT2D eigenvalue weighted by molar-refractivity contribution is 14.0. The number of benzene rings is 1. The van der Waals surface area contributed by atoms with E-state index in [1.807, 2.05) is 19.1 Å². The zero-order valence-corrected chi connectivity index (χ0v) is 18.7. The largest absolute Gasteiger partial charge is 0.493 e. The number of rotatable bonds is 11. The Kier molecular flexibility index (Phi) is 13.9. The Morgan fingerprint density at radius 1 is 1.00 bits per heavy atom. The van der Waals surface area contributed by atoms with E-state index in [1.54, 1.807) is 28.4 Å². The van der Waals surface area contributed by atoms with Crippen LogP contribution in [-0.4, -0.2) is 60.6 Å². The molecule has 0 aliphatic rings. The third kappa shape index (κ3) is 7.86. The first kappa shape index (κ1) is 24.6. The molecule has 2 N–H and O–H groups in total. The SMILES string of the molecule is CCOCCCNC(=NC)NCCc1ccc(OC)c(OC)c1OC.I. The van der Waals surface area contributed by atoms with Crippen molar-refractivity contribution in [3.05, 3.63) is 17.7 Å². The Bertz CT molecular complexity index is 541. The third-order valence-electron chi connectivity index (χ3n) is 3.66. The summed E-state index contributed by atoms with van der Waals surface area (Å²) >= 11 is 0. The minimum atomic E-state index is 0. The van der Waals surface area contributed by atoms with Gasteiger partial charge in [0.1, 0.15) is 0 Å². The van der Waals surface area contributed by atoms with Crippen LogP contribution in [-0.2, 0) is 11.2 Å². The highest BCUT2D eigenvalue weighted by atomic mass is 127. The van der Waals surface area contributed by atoms with Gasteiger partial charge in [-0.25, -0.2) is 0 Å². The number of aliphatic imine (C=N–C) groups is 1. The Hall–Kier alpha value is -1.42. The lowest BCUT2D eigenvalue weighted by atomic mass is 10.1. The summed E-state index contributed by atoms with van der Waals surface area (Å²) in [5, 5.41) is 6.56. The summed E-state index contributed by atoms with van der Waals surface area (Å²) < 4.78 is 21.5. The molecule has 0 aromatic heterocycles. The van der Waals surface area contributed by atoms with Crippen LogP contribution in [0.2, 0.25) is 0 Å². The van der Waals surface area contributed by atoms with E-state index in [0.717, 1.165) is 50.7 Å². The Morgan fingerprint density at radius 2 is 1.69 bits per heavy atom. The quantitative estimate of drug-likeness (QED) is 0.219. The Balaban J connectivity index is 0.00000625. The second kappa shape index (κ2) is 14.7. The van der Waals surface area contributed by atoms with Crippen LogP contribution in [0.15, 0.2) is 17.1 Å². The van der Waals surface area contributed by atoms with E-state index in [4.69, 9.17) is 18.9 Å². The number of hydrogen-bond donors (Lipinski definition) is 2. The van der Waals surface area contributed by atoms with Crippen molar-refractivity contribution in [2.75, 3.05) is 54.7 Å². The zero-order chi connectivity index (χ0) is 18.5. The molecule has 0 radical (unpaired) electrons. The summed E-state index contributed by atoms with van der Waals surface area (Å²) in [7, 11) is 6.61. The average Bonchev–Trinajstić information content (AvgIpc) is 2.65. The number of halogens is 1. The molecule has 0 bridgehead atoms. The molecule has 0 saturated carbocycles. The number of methoxy groups -OCH3 is 3. The molecule has 0 heterocycles. The van der Waals surface area contributed by atoms with E-state index >= 15 is 0 Å². The maximum absolute atomic E-state index is 5.50. The Morgan fingerprint density at radius 3 is 2.27 bits per heavy atom. The molecule has 1 aromatic carbocycles. The monoisotopic (exact) mass is 481 g/mol. The maximum atomic E-state index is 5.50. The molecular weight excluding hydrogens is 449 g/mol. The molecule has 1 aromatic rings. The minimum absolute atomic E-state index is 0. The summed E-state index contributed by atoms with van der Waals surface area (Å²) in [5.41, 5.74) is 1.04. The molecule has 26 heavy (non-hydrogen) atoms. The molecule has 0 saturated heterocycles. The molecule has 0 atom stereocenters. The van der Waals surface area contributed by atoms with Gasteiger partial charge in [-0.15, -0.1) is 24.0 Å². The topological polar surface area (TPSA) is 73.3 Å². The van der Waals surface area contributed by atoms with Gasteiger partial charge in [0.15, 0.2) is 17.5 Å². The summed E-state index contributed by atoms with van der Waals surface area (Å²) in [6.07, 6.45) is 1.71. The molecule has 0 amide bonds. The summed E-state index contributed by atoms with van der Waals surface area (Å²) in [4.78, 5) is 4.22. The third-order valence-corrected chi connectivity index (χ3v) is 3.66. The van der Waals surface area contributed by atoms with Crippen LogP contribution in [0.1, 0.15) is 18.9 Å². The zero-order valence-electron chi connectivity index (χ0n) is 16.4. The van der Waals surface area contributed by atoms with Crippen molar-refractivity contribution in [3.8, 4) is 17.2 Å². The first-order chi connectivity index (χ1) is 12.2. The average molecular weight is 481 g/mol. The van der Waals surface area contributed by atoms with E-state index in [0.29, 0.717) is 17.2 Å². The lowest BCUT2D eigenvalue weighted by Gasteiger charge is -2.16. The van der Waals surface area contributed by atoms with Gasteiger partial charge in [0.25, 0.3) is 0 Å². The normalized spacial score (nSPS) is 10.7. The molecule has 8 heteroatoms. The molecule has 1 rings (SSSR count). The van der Waals surface area contributed by atoms with Crippen LogP contribution in [0.3, 0.4) is 0 Å². The van der Waals surface area contributed by atoms with Gasteiger partial charge in [-0.3, -0.25) is 4.99 Å². The van der Waals surface area contributed by atoms with E-state index < -0.39 is 0 Å². The van der Waals surface area contributed by atoms with E-state index in [9.17, 15) is 0 Å². The molecule has 0 aliphatic carbocycles. The molecule has 0 fully saturated rings. The smallest absolute Gasteiger partial charge is 0.203 e. The number of guanidine groups is 1. The lowest BCUT2D eigenvalue weighted by Crippen LogP contribution is -2.39. The van der Waals surface area contributed by atoms with Crippen molar-refractivity contribution in [2.24, 2.45) is 4.99 Å². The summed E-state index contributed by atoms with van der Waals surface area (Å²) in [6.45, 7) is 5.04. The predicted molar refractivity (Wildman–Crippen MR) is 116 cm³/mol. The van der Waals surface area contributed by atoms with E-state index in [1.165, 1.54) is 0 Å². The first-order valence-corrected chi connectivity index (χ1v) is 8.51. The summed E-state index contributed by atoms with van der Waals surface area (Å²) in [6, 6.07) is 3.87. The minimum Gasteiger partial charge on any atom is -0.493 e. The highest BCUT2D eigenvalue weighted by Gasteiger charge is 2.15. The van der Waals surface area contributed by atoms with Crippen molar-refractivity contribution in [3.63, 3.8) is 0 Å². The van der Waals surface area contributed by atoms with E-state index in [-0.39, 0.29) is 24.0 Å². The van der Waals surface area contributed by atoms with Crippen molar-refractivity contribution >= 4 is 29.9 Å². The van der Waals surface area contributed by atoms with Gasteiger partial charge < -0.3 is 29.6 Å². The molecular formula is C18H32IN3O4. The van der Waals surface area contributed by atoms with E-state index in [2.05, 4.69) is 15.6 Å². The van der Waals surface area contributed by atoms with Gasteiger partial charge in [-0.2, -0.15) is 0 Å².